The van der Waals surface area contributed by atoms with Crippen LogP contribution in [-0.4, -0.2) is 43.2 Å². The summed E-state index contributed by atoms with van der Waals surface area (Å²) in [6.07, 6.45) is 0.972. The van der Waals surface area contributed by atoms with Gasteiger partial charge in [0.05, 0.1) is 19.1 Å². The Morgan fingerprint density at radius 1 is 0.975 bits per heavy atom. The number of hydrogen-bond donors (Lipinski definition) is 1. The molecule has 40 heavy (non-hydrogen) atoms. The number of benzene rings is 3. The summed E-state index contributed by atoms with van der Waals surface area (Å²) in [5, 5.41) is 9.69. The smallest absolute Gasteiger partial charge is 0.469 e. The first-order chi connectivity index (χ1) is 19.2. The Kier molecular flexibility index (Phi) is 10.2. The third-order valence-electron chi connectivity index (χ3n) is 8.23. The third-order valence-corrected chi connectivity index (χ3v) is 8.23. The lowest BCUT2D eigenvalue weighted by atomic mass is 9.78. The first kappa shape index (κ1) is 30.0. The van der Waals surface area contributed by atoms with Gasteiger partial charge in [-0.05, 0) is 51.5 Å². The van der Waals surface area contributed by atoms with Crippen molar-refractivity contribution in [2.24, 2.45) is 5.92 Å². The number of hydrogen-bond acceptors (Lipinski definition) is 5. The van der Waals surface area contributed by atoms with Crippen molar-refractivity contribution < 1.29 is 19.2 Å². The van der Waals surface area contributed by atoms with E-state index in [1.165, 1.54) is 29.4 Å². The van der Waals surface area contributed by atoms with Crippen molar-refractivity contribution in [3.63, 3.8) is 0 Å². The predicted octanol–water partition coefficient (Wildman–Crippen LogP) is 6.18. The van der Waals surface area contributed by atoms with E-state index in [1.54, 1.807) is 0 Å². The zero-order valence-electron chi connectivity index (χ0n) is 24.8. The largest absolute Gasteiger partial charge is 0.491 e. The van der Waals surface area contributed by atoms with Crippen LogP contribution >= 0.6 is 0 Å². The van der Waals surface area contributed by atoms with Crippen LogP contribution in [0.3, 0.4) is 0 Å². The number of fused-ring (bicyclic) bond motifs is 1. The van der Waals surface area contributed by atoms with Gasteiger partial charge in [-0.1, -0.05) is 107 Å². The molecule has 5 nitrogen and oxygen atoms in total. The predicted molar refractivity (Wildman–Crippen MR) is 163 cm³/mol. The summed E-state index contributed by atoms with van der Waals surface area (Å²) >= 11 is 0. The lowest BCUT2D eigenvalue weighted by molar-refractivity contribution is -0.145. The minimum Gasteiger partial charge on any atom is -0.469 e. The number of carbonyl (C=O) groups is 1. The Morgan fingerprint density at radius 3 is 2.23 bits per heavy atom. The van der Waals surface area contributed by atoms with E-state index >= 15 is 0 Å². The van der Waals surface area contributed by atoms with Crippen molar-refractivity contribution in [2.45, 2.75) is 71.4 Å². The Hall–Kier alpha value is -2.93. The number of ether oxygens (including phenoxy) is 1. The average Bonchev–Trinajstić information content (AvgIpc) is 3.53. The molecule has 0 aliphatic carbocycles. The van der Waals surface area contributed by atoms with E-state index in [-0.39, 0.29) is 23.9 Å². The minimum atomic E-state index is -0.730. The van der Waals surface area contributed by atoms with Crippen molar-refractivity contribution in [3.8, 4) is 0 Å². The molecule has 0 saturated carbocycles. The molecule has 0 aromatic heterocycles. The van der Waals surface area contributed by atoms with Crippen LogP contribution in [0.2, 0.25) is 0 Å². The highest BCUT2D eigenvalue weighted by atomic mass is 16.5. The molecule has 0 radical (unpaired) electrons. The second kappa shape index (κ2) is 13.6. The molecule has 3 aromatic rings. The van der Waals surface area contributed by atoms with Gasteiger partial charge < -0.3 is 14.4 Å². The summed E-state index contributed by atoms with van der Waals surface area (Å²) in [5.41, 5.74) is 7.25. The summed E-state index contributed by atoms with van der Waals surface area (Å²) in [5.74, 6) is 1.03. The molecular formula is C34H44BNO4. The first-order valence-corrected chi connectivity index (χ1v) is 14.6. The van der Waals surface area contributed by atoms with Gasteiger partial charge in [0.15, 0.2) is 0 Å². The molecule has 2 heterocycles. The van der Waals surface area contributed by atoms with Crippen LogP contribution in [0.15, 0.2) is 72.8 Å². The molecule has 3 aromatic carbocycles. The molecule has 0 bridgehead atoms. The molecular weight excluding hydrogens is 497 g/mol. The fourth-order valence-electron chi connectivity index (χ4n) is 5.79. The van der Waals surface area contributed by atoms with E-state index < -0.39 is 7.12 Å². The summed E-state index contributed by atoms with van der Waals surface area (Å²) in [4.78, 5) is 14.7. The lowest BCUT2D eigenvalue weighted by Crippen LogP contribution is -2.27. The summed E-state index contributed by atoms with van der Waals surface area (Å²) in [7, 11) is 0.757. The van der Waals surface area contributed by atoms with Crippen LogP contribution in [0, 0.1) is 5.92 Å². The zero-order chi connectivity index (χ0) is 28.8. The Morgan fingerprint density at radius 2 is 1.62 bits per heavy atom. The molecule has 2 aliphatic rings. The number of methoxy groups -OCH3 is 1. The van der Waals surface area contributed by atoms with E-state index in [4.69, 9.17) is 9.39 Å². The van der Waals surface area contributed by atoms with Gasteiger partial charge in [-0.25, -0.2) is 0 Å². The zero-order valence-corrected chi connectivity index (χ0v) is 24.8. The average molecular weight is 542 g/mol. The van der Waals surface area contributed by atoms with E-state index in [2.05, 4.69) is 100 Å². The van der Waals surface area contributed by atoms with Gasteiger partial charge in [0.1, 0.15) is 0 Å². The number of carbonyl (C=O) groups excluding carboxylic acids is 1. The van der Waals surface area contributed by atoms with Gasteiger partial charge in [0.2, 0.25) is 0 Å². The molecule has 2 aliphatic heterocycles. The quantitative estimate of drug-likeness (QED) is 0.286. The highest BCUT2D eigenvalue weighted by Gasteiger charge is 2.39. The van der Waals surface area contributed by atoms with Crippen LogP contribution in [0.25, 0.3) is 0 Å². The molecule has 1 N–H and O–H groups in total. The fourth-order valence-corrected chi connectivity index (χ4v) is 5.79. The monoisotopic (exact) mass is 541 g/mol. The molecule has 212 valence electrons. The second-order valence-corrected chi connectivity index (χ2v) is 11.7. The van der Waals surface area contributed by atoms with Gasteiger partial charge >= 0.3 is 13.1 Å². The van der Waals surface area contributed by atoms with Gasteiger partial charge in [0.25, 0.3) is 0 Å². The van der Waals surface area contributed by atoms with Crippen LogP contribution < -0.4 is 5.46 Å². The minimum absolute atomic E-state index is 0.0636. The Bertz CT molecular complexity index is 1240. The van der Waals surface area contributed by atoms with Crippen LogP contribution in [0.5, 0.6) is 0 Å². The van der Waals surface area contributed by atoms with Crippen molar-refractivity contribution >= 4 is 18.6 Å². The van der Waals surface area contributed by atoms with Crippen molar-refractivity contribution in [1.29, 1.82) is 0 Å². The molecule has 6 heteroatoms. The Labute approximate surface area is 240 Å². The van der Waals surface area contributed by atoms with Crippen LogP contribution in [0.4, 0.5) is 0 Å². The maximum atomic E-state index is 12.3. The van der Waals surface area contributed by atoms with Crippen molar-refractivity contribution in [1.82, 2.24) is 4.90 Å². The SMILES string of the molecule is CCC1OB(O)c2ccc(C(C)C)cc21.COC(=O)[C@H]1CN(Cc2ccccc2)C[C@@H]1c1ccc(C(C)C)cc1. The van der Waals surface area contributed by atoms with Crippen molar-refractivity contribution in [2.75, 3.05) is 20.2 Å². The highest BCUT2D eigenvalue weighted by molar-refractivity contribution is 6.61. The van der Waals surface area contributed by atoms with Gasteiger partial charge in [0, 0.05) is 25.6 Å². The molecule has 1 unspecified atom stereocenters. The highest BCUT2D eigenvalue weighted by Crippen LogP contribution is 2.35. The molecule has 0 amide bonds. The van der Waals surface area contributed by atoms with Crippen LogP contribution in [-0.2, 0) is 20.7 Å². The first-order valence-electron chi connectivity index (χ1n) is 14.6. The van der Waals surface area contributed by atoms with Gasteiger partial charge in [-0.3, -0.25) is 9.69 Å². The summed E-state index contributed by atoms with van der Waals surface area (Å²) in [6.45, 7) is 13.3. The number of rotatable bonds is 7. The van der Waals surface area contributed by atoms with E-state index in [0.717, 1.165) is 37.1 Å². The molecule has 0 spiro atoms. The normalized spacial score (nSPS) is 20.4. The summed E-state index contributed by atoms with van der Waals surface area (Å²) in [6, 6.07) is 25.4. The molecule has 1 saturated heterocycles. The molecule has 5 rings (SSSR count). The van der Waals surface area contributed by atoms with Gasteiger partial charge in [-0.15, -0.1) is 0 Å². The fraction of sp³-hybridized carbons (Fsp3) is 0.441. The van der Waals surface area contributed by atoms with Crippen molar-refractivity contribution in [3.05, 3.63) is 101 Å². The number of esters is 1. The molecule has 1 fully saturated rings. The van der Waals surface area contributed by atoms with Gasteiger partial charge in [-0.2, -0.15) is 0 Å². The maximum Gasteiger partial charge on any atom is 0.491 e. The molecule has 3 atom stereocenters. The lowest BCUT2D eigenvalue weighted by Gasteiger charge is -2.18. The number of likely N-dealkylation sites (tertiary alicyclic amines) is 1. The topological polar surface area (TPSA) is 59.0 Å². The second-order valence-electron chi connectivity index (χ2n) is 11.7. The standard InChI is InChI=1S/C22H27NO2.C12H17BO2/c1-16(2)18-9-11-19(12-10-18)20-14-23(15-21(20)22(24)25-3)13-17-7-5-4-6-8-17;1-4-12-10-7-9(8(2)3)5-6-11(10)13(14)15-12/h4-12,16,20-21H,13-15H2,1-3H3;5-8,12,14H,4H2,1-3H3/t20-,21+;/m1./s1. The van der Waals surface area contributed by atoms with E-state index in [9.17, 15) is 9.82 Å². The summed E-state index contributed by atoms with van der Waals surface area (Å²) < 4.78 is 10.6. The Balaban J connectivity index is 0.000000210. The van der Waals surface area contributed by atoms with E-state index in [1.807, 2.05) is 12.1 Å². The van der Waals surface area contributed by atoms with Crippen LogP contribution in [0.1, 0.15) is 92.7 Å². The van der Waals surface area contributed by atoms with E-state index in [0.29, 0.717) is 11.8 Å². The third kappa shape index (κ3) is 7.04. The maximum absolute atomic E-state index is 12.3. The number of nitrogens with zero attached hydrogens (tertiary/aromatic N) is 1.